The zero-order valence-electron chi connectivity index (χ0n) is 13.4. The summed E-state index contributed by atoms with van der Waals surface area (Å²) in [6.07, 6.45) is 2.18. The molecule has 0 fully saturated rings. The first-order valence-electron chi connectivity index (χ1n) is 7.68. The van der Waals surface area contributed by atoms with Crippen molar-refractivity contribution < 1.29 is 13.9 Å². The van der Waals surface area contributed by atoms with Gasteiger partial charge in [-0.2, -0.15) is 0 Å². The number of methoxy groups -OCH3 is 1. The predicted molar refractivity (Wildman–Crippen MR) is 91.0 cm³/mol. The fourth-order valence-electron chi connectivity index (χ4n) is 2.29. The lowest BCUT2D eigenvalue weighted by Gasteiger charge is -2.04. The second-order valence-corrected chi connectivity index (χ2v) is 5.25. The van der Waals surface area contributed by atoms with Crippen LogP contribution in [-0.4, -0.2) is 24.5 Å². The van der Waals surface area contributed by atoms with Gasteiger partial charge in [0, 0.05) is 12.1 Å². The number of aromatic nitrogens is 1. The molecule has 0 aliphatic heterocycles. The Hall–Kier alpha value is -3.08. The first-order chi connectivity index (χ1) is 11.8. The molecule has 5 nitrogen and oxygen atoms in total. The number of benzene rings is 2. The normalized spacial score (nSPS) is 10.4. The van der Waals surface area contributed by atoms with Gasteiger partial charge in [-0.05, 0) is 36.2 Å². The summed E-state index contributed by atoms with van der Waals surface area (Å²) in [4.78, 5) is 16.3. The highest BCUT2D eigenvalue weighted by Gasteiger charge is 2.13. The average molecular weight is 322 g/mol. The smallest absolute Gasteiger partial charge is 0.288 e. The number of oxazole rings is 1. The van der Waals surface area contributed by atoms with Crippen LogP contribution in [0.5, 0.6) is 5.75 Å². The van der Waals surface area contributed by atoms with Crippen LogP contribution in [0.3, 0.4) is 0 Å². The molecule has 1 amide bonds. The predicted octanol–water partition coefficient (Wildman–Crippen LogP) is 3.32. The van der Waals surface area contributed by atoms with Crippen molar-refractivity contribution in [3.63, 3.8) is 0 Å². The number of rotatable bonds is 6. The number of carbonyl (C=O) groups is 1. The van der Waals surface area contributed by atoms with Crippen LogP contribution < -0.4 is 10.1 Å². The van der Waals surface area contributed by atoms with Crippen LogP contribution >= 0.6 is 0 Å². The lowest BCUT2D eigenvalue weighted by Crippen LogP contribution is -2.25. The van der Waals surface area contributed by atoms with Gasteiger partial charge in [0.1, 0.15) is 5.75 Å². The number of hydrogen-bond donors (Lipinski definition) is 1. The Morgan fingerprint density at radius 3 is 2.58 bits per heavy atom. The largest absolute Gasteiger partial charge is 0.497 e. The number of nitrogens with one attached hydrogen (secondary N) is 1. The van der Waals surface area contributed by atoms with Crippen molar-refractivity contribution in [3.05, 3.63) is 72.1 Å². The molecule has 3 rings (SSSR count). The summed E-state index contributed by atoms with van der Waals surface area (Å²) in [6, 6.07) is 17.2. The molecular weight excluding hydrogens is 304 g/mol. The van der Waals surface area contributed by atoms with E-state index in [1.807, 2.05) is 54.6 Å². The monoisotopic (exact) mass is 322 g/mol. The van der Waals surface area contributed by atoms with Crippen LogP contribution in [0, 0.1) is 0 Å². The minimum absolute atomic E-state index is 0.212. The van der Waals surface area contributed by atoms with Gasteiger partial charge < -0.3 is 14.5 Å². The maximum Gasteiger partial charge on any atom is 0.288 e. The van der Waals surface area contributed by atoms with Crippen LogP contribution in [-0.2, 0) is 6.42 Å². The highest BCUT2D eigenvalue weighted by Crippen LogP contribution is 2.18. The average Bonchev–Trinajstić information content (AvgIpc) is 3.13. The zero-order chi connectivity index (χ0) is 16.8. The van der Waals surface area contributed by atoms with Gasteiger partial charge in [-0.3, -0.25) is 4.79 Å². The van der Waals surface area contributed by atoms with Crippen molar-refractivity contribution in [2.24, 2.45) is 0 Å². The number of nitrogens with zero attached hydrogens (tertiary/aromatic N) is 1. The molecule has 122 valence electrons. The Balaban J connectivity index is 1.54. The molecule has 2 aromatic carbocycles. The number of carbonyl (C=O) groups excluding carboxylic acids is 1. The summed E-state index contributed by atoms with van der Waals surface area (Å²) in [7, 11) is 1.64. The van der Waals surface area contributed by atoms with Crippen molar-refractivity contribution >= 4 is 5.91 Å². The van der Waals surface area contributed by atoms with Gasteiger partial charge in [-0.15, -0.1) is 0 Å². The molecule has 0 saturated carbocycles. The van der Waals surface area contributed by atoms with E-state index in [4.69, 9.17) is 9.15 Å². The fourth-order valence-corrected chi connectivity index (χ4v) is 2.29. The summed E-state index contributed by atoms with van der Waals surface area (Å²) in [5.74, 6) is 1.20. The van der Waals surface area contributed by atoms with Gasteiger partial charge >= 0.3 is 0 Å². The molecule has 0 saturated heterocycles. The van der Waals surface area contributed by atoms with Gasteiger partial charge in [0.05, 0.1) is 13.3 Å². The second-order valence-electron chi connectivity index (χ2n) is 5.25. The third kappa shape index (κ3) is 3.81. The molecule has 24 heavy (non-hydrogen) atoms. The van der Waals surface area contributed by atoms with Crippen LogP contribution in [0.25, 0.3) is 11.5 Å². The molecular formula is C19H18N2O3. The quantitative estimate of drug-likeness (QED) is 0.756. The van der Waals surface area contributed by atoms with Gasteiger partial charge in [0.2, 0.25) is 11.7 Å². The van der Waals surface area contributed by atoms with Gasteiger partial charge in [-0.1, -0.05) is 30.3 Å². The first-order valence-corrected chi connectivity index (χ1v) is 7.68. The standard InChI is InChI=1S/C19H18N2O3/c1-23-16-9-7-14(8-10-16)11-12-20-18(22)17-13-21-19(24-17)15-5-3-2-4-6-15/h2-10,13H,11-12H2,1H3,(H,20,22). The van der Waals surface area contributed by atoms with E-state index in [1.165, 1.54) is 6.20 Å². The zero-order valence-corrected chi connectivity index (χ0v) is 13.4. The Kier molecular flexibility index (Phi) is 4.91. The molecule has 1 N–H and O–H groups in total. The minimum atomic E-state index is -0.266. The molecule has 0 bridgehead atoms. The third-order valence-electron chi connectivity index (χ3n) is 3.61. The highest BCUT2D eigenvalue weighted by molar-refractivity contribution is 5.91. The first kappa shape index (κ1) is 15.8. The summed E-state index contributed by atoms with van der Waals surface area (Å²) < 4.78 is 10.6. The van der Waals surface area contributed by atoms with Gasteiger partial charge in [0.15, 0.2) is 0 Å². The molecule has 5 heteroatoms. The molecule has 1 heterocycles. The van der Waals surface area contributed by atoms with Crippen LogP contribution in [0.15, 0.2) is 65.2 Å². The number of ether oxygens (including phenoxy) is 1. The third-order valence-corrected chi connectivity index (χ3v) is 3.61. The van der Waals surface area contributed by atoms with E-state index in [9.17, 15) is 4.79 Å². The van der Waals surface area contributed by atoms with E-state index in [2.05, 4.69) is 10.3 Å². The lowest BCUT2D eigenvalue weighted by molar-refractivity contribution is 0.0927. The summed E-state index contributed by atoms with van der Waals surface area (Å²) in [5, 5.41) is 2.84. The number of hydrogen-bond acceptors (Lipinski definition) is 4. The van der Waals surface area contributed by atoms with E-state index < -0.39 is 0 Å². The van der Waals surface area contributed by atoms with E-state index in [0.717, 1.165) is 23.3 Å². The van der Waals surface area contributed by atoms with Crippen LogP contribution in [0.1, 0.15) is 16.1 Å². The van der Waals surface area contributed by atoms with Crippen LogP contribution in [0.4, 0.5) is 0 Å². The minimum Gasteiger partial charge on any atom is -0.497 e. The maximum atomic E-state index is 12.1. The summed E-state index contributed by atoms with van der Waals surface area (Å²) in [6.45, 7) is 0.520. The maximum absolute atomic E-state index is 12.1. The van der Waals surface area contributed by atoms with E-state index >= 15 is 0 Å². The SMILES string of the molecule is COc1ccc(CCNC(=O)c2cnc(-c3ccccc3)o2)cc1. The van der Waals surface area contributed by atoms with Crippen molar-refractivity contribution in [1.82, 2.24) is 10.3 Å². The molecule has 0 atom stereocenters. The van der Waals surface area contributed by atoms with Crippen molar-refractivity contribution in [2.45, 2.75) is 6.42 Å². The molecule has 1 aromatic heterocycles. The Labute approximate surface area is 140 Å². The molecule has 3 aromatic rings. The molecule has 0 radical (unpaired) electrons. The molecule has 0 unspecified atom stereocenters. The Morgan fingerprint density at radius 1 is 1.12 bits per heavy atom. The van der Waals surface area contributed by atoms with E-state index in [1.54, 1.807) is 7.11 Å². The summed E-state index contributed by atoms with van der Waals surface area (Å²) in [5.41, 5.74) is 1.97. The molecule has 0 aliphatic carbocycles. The fraction of sp³-hybridized carbons (Fsp3) is 0.158. The van der Waals surface area contributed by atoms with Gasteiger partial charge in [0.25, 0.3) is 5.91 Å². The van der Waals surface area contributed by atoms with E-state index in [0.29, 0.717) is 12.4 Å². The van der Waals surface area contributed by atoms with Crippen molar-refractivity contribution in [1.29, 1.82) is 0 Å². The van der Waals surface area contributed by atoms with Gasteiger partial charge in [-0.25, -0.2) is 4.98 Å². The second kappa shape index (κ2) is 7.46. The van der Waals surface area contributed by atoms with E-state index in [-0.39, 0.29) is 11.7 Å². The number of amides is 1. The van der Waals surface area contributed by atoms with Crippen molar-refractivity contribution in [3.8, 4) is 17.2 Å². The van der Waals surface area contributed by atoms with Crippen LogP contribution in [0.2, 0.25) is 0 Å². The summed E-state index contributed by atoms with van der Waals surface area (Å²) >= 11 is 0. The topological polar surface area (TPSA) is 64.4 Å². The highest BCUT2D eigenvalue weighted by atomic mass is 16.5. The Morgan fingerprint density at radius 2 is 1.88 bits per heavy atom. The Bertz CT molecular complexity index is 795. The van der Waals surface area contributed by atoms with Crippen molar-refractivity contribution in [2.75, 3.05) is 13.7 Å². The molecule has 0 aliphatic rings. The lowest BCUT2D eigenvalue weighted by atomic mass is 10.1. The molecule has 0 spiro atoms.